The highest BCUT2D eigenvalue weighted by Crippen LogP contribution is 2.13. The van der Waals surface area contributed by atoms with Gasteiger partial charge in [-0.3, -0.25) is 0 Å². The fraction of sp³-hybridized carbons (Fsp3) is 0.455. The van der Waals surface area contributed by atoms with Gasteiger partial charge >= 0.3 is 0 Å². The molecule has 0 aromatic heterocycles. The van der Waals surface area contributed by atoms with Crippen molar-refractivity contribution >= 4 is 0 Å². The lowest BCUT2D eigenvalue weighted by Gasteiger charge is -2.05. The van der Waals surface area contributed by atoms with Gasteiger partial charge in [-0.25, -0.2) is 0 Å². The summed E-state index contributed by atoms with van der Waals surface area (Å²) < 4.78 is 35.9. The van der Waals surface area contributed by atoms with Crippen molar-refractivity contribution in [2.45, 2.75) is 20.3 Å². The van der Waals surface area contributed by atoms with Crippen LogP contribution < -0.4 is 4.74 Å². The van der Waals surface area contributed by atoms with Crippen LogP contribution in [0.4, 0.5) is 0 Å². The Morgan fingerprint density at radius 1 is 1.33 bits per heavy atom. The summed E-state index contributed by atoms with van der Waals surface area (Å²) >= 11 is 0. The van der Waals surface area contributed by atoms with E-state index in [1.165, 1.54) is 7.11 Å². The third-order valence-corrected chi connectivity index (χ3v) is 1.47. The molecule has 1 heteroatoms. The number of methoxy groups -OCH3 is 1. The monoisotopic (exact) mass is 168 g/mol. The van der Waals surface area contributed by atoms with Gasteiger partial charge in [0, 0.05) is 0 Å². The van der Waals surface area contributed by atoms with E-state index in [-0.39, 0.29) is 29.9 Å². The number of hydrogen-bond acceptors (Lipinski definition) is 1. The van der Waals surface area contributed by atoms with Gasteiger partial charge in [0.25, 0.3) is 0 Å². The predicted molar refractivity (Wildman–Crippen MR) is 51.5 cm³/mol. The Labute approximate surface area is 80.0 Å². The summed E-state index contributed by atoms with van der Waals surface area (Å²) in [6, 6.07) is -0.184. The number of hydrogen-bond donors (Lipinski definition) is 0. The van der Waals surface area contributed by atoms with E-state index in [2.05, 4.69) is 0 Å². The van der Waals surface area contributed by atoms with Gasteiger partial charge in [0.15, 0.2) is 0 Å². The first-order chi connectivity index (χ1) is 7.40. The normalized spacial score (nSPS) is 15.0. The highest BCUT2D eigenvalue weighted by Gasteiger charge is 1.97. The lowest BCUT2D eigenvalue weighted by atomic mass is 10.0. The Balaban J connectivity index is 3.41. The SMILES string of the molecule is [2H]c1c([2H])c(OC)c([2H])c([2H])c1CC(C)C. The van der Waals surface area contributed by atoms with Crippen LogP contribution in [-0.2, 0) is 6.42 Å². The minimum Gasteiger partial charge on any atom is -0.497 e. The molecule has 0 saturated carbocycles. The van der Waals surface area contributed by atoms with Crippen LogP contribution >= 0.6 is 0 Å². The molecule has 0 fully saturated rings. The molecule has 0 saturated heterocycles. The van der Waals surface area contributed by atoms with Gasteiger partial charge in [-0.15, -0.1) is 0 Å². The second kappa shape index (κ2) is 4.15. The van der Waals surface area contributed by atoms with Crippen LogP contribution in [0.3, 0.4) is 0 Å². The molecule has 0 amide bonds. The maximum absolute atomic E-state index is 7.80. The molecule has 1 aromatic carbocycles. The summed E-state index contributed by atoms with van der Waals surface area (Å²) in [4.78, 5) is 0. The van der Waals surface area contributed by atoms with Crippen molar-refractivity contribution in [1.29, 1.82) is 0 Å². The van der Waals surface area contributed by atoms with Crippen molar-refractivity contribution in [3.05, 3.63) is 29.7 Å². The number of ether oxygens (including phenoxy) is 1. The van der Waals surface area contributed by atoms with Crippen LogP contribution in [0.15, 0.2) is 24.2 Å². The van der Waals surface area contributed by atoms with Crippen LogP contribution in [0.2, 0.25) is 0 Å². The van der Waals surface area contributed by atoms with Gasteiger partial charge in [-0.2, -0.15) is 0 Å². The summed E-state index contributed by atoms with van der Waals surface area (Å²) in [5, 5.41) is 0. The van der Waals surface area contributed by atoms with E-state index in [9.17, 15) is 0 Å². The van der Waals surface area contributed by atoms with Gasteiger partial charge in [0.1, 0.15) is 5.75 Å². The minimum absolute atomic E-state index is 0.00606. The van der Waals surface area contributed by atoms with E-state index in [1.54, 1.807) is 0 Å². The first-order valence-electron chi connectivity index (χ1n) is 6.03. The lowest BCUT2D eigenvalue weighted by molar-refractivity contribution is 0.414. The van der Waals surface area contributed by atoms with Crippen molar-refractivity contribution in [3.63, 3.8) is 0 Å². The Morgan fingerprint density at radius 2 is 1.92 bits per heavy atom. The Kier molecular flexibility index (Phi) is 1.70. The van der Waals surface area contributed by atoms with Crippen LogP contribution in [0, 0.1) is 5.92 Å². The maximum atomic E-state index is 7.80. The third kappa shape index (κ3) is 2.57. The molecule has 66 valence electrons. The average Bonchev–Trinajstić information content (AvgIpc) is 2.22. The summed E-state index contributed by atoms with van der Waals surface area (Å²) in [6.07, 6.45) is 0.541. The van der Waals surface area contributed by atoms with Crippen LogP contribution in [0.25, 0.3) is 0 Å². The standard InChI is InChI=1S/C11H16O/c1-9(2)8-10-4-6-11(12-3)7-5-10/h4-7,9H,8H2,1-3H3/i4D,5D,6D,7D. The summed E-state index contributed by atoms with van der Waals surface area (Å²) in [7, 11) is 1.35. The lowest BCUT2D eigenvalue weighted by Crippen LogP contribution is -1.93. The number of rotatable bonds is 3. The minimum atomic E-state index is -0.0980. The Hall–Kier alpha value is -0.980. The second-order valence-electron chi connectivity index (χ2n) is 3.11. The molecule has 1 aromatic rings. The molecule has 0 radical (unpaired) electrons. The highest BCUT2D eigenvalue weighted by molar-refractivity contribution is 5.27. The first-order valence-corrected chi connectivity index (χ1v) is 4.03. The zero-order valence-corrected chi connectivity index (χ0v) is 7.69. The van der Waals surface area contributed by atoms with E-state index >= 15 is 0 Å². The molecular formula is C11H16O. The zero-order valence-electron chi connectivity index (χ0n) is 11.7. The second-order valence-corrected chi connectivity index (χ2v) is 3.11. The molecular weight excluding hydrogens is 148 g/mol. The van der Waals surface area contributed by atoms with Gasteiger partial charge in [0.2, 0.25) is 0 Å². The van der Waals surface area contributed by atoms with Crippen molar-refractivity contribution in [1.82, 2.24) is 0 Å². The van der Waals surface area contributed by atoms with E-state index in [0.717, 1.165) is 0 Å². The van der Waals surface area contributed by atoms with E-state index in [0.29, 0.717) is 17.9 Å². The fourth-order valence-electron chi connectivity index (χ4n) is 0.939. The molecule has 0 aliphatic heterocycles. The quantitative estimate of drug-likeness (QED) is 0.674. The average molecular weight is 168 g/mol. The Bertz CT molecular complexity index is 372. The van der Waals surface area contributed by atoms with Crippen LogP contribution in [0.5, 0.6) is 5.75 Å². The maximum Gasteiger partial charge on any atom is 0.118 e. The molecule has 0 atom stereocenters. The third-order valence-electron chi connectivity index (χ3n) is 1.47. The van der Waals surface area contributed by atoms with Gasteiger partial charge in [0.05, 0.1) is 12.6 Å². The zero-order chi connectivity index (χ0) is 12.5. The molecule has 0 aliphatic rings. The van der Waals surface area contributed by atoms with Gasteiger partial charge < -0.3 is 4.74 Å². The molecule has 0 spiro atoms. The van der Waals surface area contributed by atoms with Crippen molar-refractivity contribution < 1.29 is 10.2 Å². The molecule has 0 bridgehead atoms. The predicted octanol–water partition coefficient (Wildman–Crippen LogP) is 2.89. The van der Waals surface area contributed by atoms with Gasteiger partial charge in [-0.05, 0) is 30.0 Å². The largest absolute Gasteiger partial charge is 0.497 e. The molecule has 1 rings (SSSR count). The molecule has 12 heavy (non-hydrogen) atoms. The first kappa shape index (κ1) is 4.90. The number of benzene rings is 1. The fourth-order valence-corrected chi connectivity index (χ4v) is 0.939. The topological polar surface area (TPSA) is 9.23 Å². The summed E-state index contributed by atoms with van der Waals surface area (Å²) in [6.45, 7) is 3.96. The van der Waals surface area contributed by atoms with E-state index in [4.69, 9.17) is 10.2 Å². The van der Waals surface area contributed by atoms with E-state index < -0.39 is 0 Å². The molecule has 0 unspecified atom stereocenters. The molecule has 0 N–H and O–H groups in total. The van der Waals surface area contributed by atoms with Crippen LogP contribution in [0.1, 0.15) is 24.9 Å². The van der Waals surface area contributed by atoms with Crippen molar-refractivity contribution in [2.75, 3.05) is 7.11 Å². The van der Waals surface area contributed by atoms with Crippen molar-refractivity contribution in [3.8, 4) is 5.75 Å². The molecule has 1 nitrogen and oxygen atoms in total. The molecule has 0 aliphatic carbocycles. The van der Waals surface area contributed by atoms with Gasteiger partial charge in [-0.1, -0.05) is 25.9 Å². The van der Waals surface area contributed by atoms with E-state index in [1.807, 2.05) is 13.8 Å². The Morgan fingerprint density at radius 3 is 2.33 bits per heavy atom. The van der Waals surface area contributed by atoms with Crippen molar-refractivity contribution in [2.24, 2.45) is 5.92 Å². The smallest absolute Gasteiger partial charge is 0.118 e. The van der Waals surface area contributed by atoms with Crippen LogP contribution in [-0.4, -0.2) is 7.11 Å². The highest BCUT2D eigenvalue weighted by atomic mass is 16.5. The summed E-state index contributed by atoms with van der Waals surface area (Å²) in [5.41, 5.74) is 0.464. The molecule has 0 heterocycles. The summed E-state index contributed by atoms with van der Waals surface area (Å²) in [5.74, 6) is 0.308.